The highest BCUT2D eigenvalue weighted by Gasteiger charge is 2.46. The number of nitrogens with one attached hydrogen (secondary N) is 1. The molecule has 0 aliphatic carbocycles. The zero-order valence-electron chi connectivity index (χ0n) is 8.67. The Balaban J connectivity index is 2.04. The summed E-state index contributed by atoms with van der Waals surface area (Å²) in [5, 5.41) is 3.66. The van der Waals surface area contributed by atoms with E-state index in [-0.39, 0.29) is 4.87 Å². The molecule has 1 N–H and O–H groups in total. The molecule has 3 heteroatoms. The minimum absolute atomic E-state index is 0.228. The van der Waals surface area contributed by atoms with Crippen LogP contribution in [-0.4, -0.2) is 29.4 Å². The zero-order chi connectivity index (χ0) is 9.47. The highest BCUT2D eigenvalue weighted by molar-refractivity contribution is 8.00. The minimum Gasteiger partial charge on any atom is -0.373 e. The van der Waals surface area contributed by atoms with Crippen LogP contribution in [0.2, 0.25) is 0 Å². The number of hydrogen-bond acceptors (Lipinski definition) is 3. The Labute approximate surface area is 84.8 Å². The van der Waals surface area contributed by atoms with Crippen molar-refractivity contribution in [2.24, 2.45) is 5.92 Å². The summed E-state index contributed by atoms with van der Waals surface area (Å²) in [4.78, 5) is 0.228. The quantitative estimate of drug-likeness (QED) is 0.646. The van der Waals surface area contributed by atoms with E-state index in [0.29, 0.717) is 12.2 Å². The molecule has 2 heterocycles. The molecule has 0 bridgehead atoms. The van der Waals surface area contributed by atoms with Crippen molar-refractivity contribution in [3.05, 3.63) is 0 Å². The van der Waals surface area contributed by atoms with E-state index in [0.717, 1.165) is 18.9 Å². The first kappa shape index (κ1) is 9.81. The molecule has 1 spiro atoms. The predicted octanol–water partition coefficient (Wildman–Crippen LogP) is 1.85. The third kappa shape index (κ3) is 1.74. The summed E-state index contributed by atoms with van der Waals surface area (Å²) < 4.78 is 5.81. The van der Waals surface area contributed by atoms with E-state index in [2.05, 4.69) is 37.8 Å². The summed E-state index contributed by atoms with van der Waals surface area (Å²) in [7, 11) is 0. The molecule has 0 aromatic rings. The first-order valence-electron chi connectivity index (χ1n) is 5.17. The minimum atomic E-state index is 0.228. The molecule has 0 aromatic carbocycles. The number of ether oxygens (including phenoxy) is 1. The van der Waals surface area contributed by atoms with Gasteiger partial charge in [0.2, 0.25) is 0 Å². The van der Waals surface area contributed by atoms with Crippen LogP contribution in [-0.2, 0) is 4.74 Å². The van der Waals surface area contributed by atoms with Crippen LogP contribution in [0.3, 0.4) is 0 Å². The Bertz CT molecular complexity index is 189. The summed E-state index contributed by atoms with van der Waals surface area (Å²) in [6.45, 7) is 7.81. The van der Waals surface area contributed by atoms with Crippen molar-refractivity contribution in [3.63, 3.8) is 0 Å². The van der Waals surface area contributed by atoms with Gasteiger partial charge in [0.05, 0.1) is 17.1 Å². The first-order valence-corrected chi connectivity index (χ1v) is 6.15. The molecule has 4 unspecified atom stereocenters. The van der Waals surface area contributed by atoms with E-state index in [9.17, 15) is 0 Å². The van der Waals surface area contributed by atoms with E-state index >= 15 is 0 Å². The van der Waals surface area contributed by atoms with E-state index < -0.39 is 0 Å². The van der Waals surface area contributed by atoms with E-state index in [1.54, 1.807) is 0 Å². The lowest BCUT2D eigenvalue weighted by molar-refractivity contribution is 0.0561. The molecule has 0 aromatic heterocycles. The lowest BCUT2D eigenvalue weighted by Crippen LogP contribution is -2.53. The number of thioether (sulfide) groups is 1. The molecule has 0 saturated carbocycles. The Morgan fingerprint density at radius 3 is 2.62 bits per heavy atom. The molecular weight excluding hydrogens is 182 g/mol. The highest BCUT2D eigenvalue weighted by Crippen LogP contribution is 2.42. The maximum absolute atomic E-state index is 5.81. The average molecular weight is 201 g/mol. The summed E-state index contributed by atoms with van der Waals surface area (Å²) in [6.07, 6.45) is 1.94. The maximum atomic E-state index is 5.81. The van der Waals surface area contributed by atoms with Crippen LogP contribution >= 0.6 is 11.8 Å². The van der Waals surface area contributed by atoms with Gasteiger partial charge in [-0.05, 0) is 32.1 Å². The van der Waals surface area contributed by atoms with Gasteiger partial charge < -0.3 is 10.1 Å². The van der Waals surface area contributed by atoms with Crippen molar-refractivity contribution in [1.82, 2.24) is 5.32 Å². The van der Waals surface area contributed by atoms with Crippen molar-refractivity contribution in [2.75, 3.05) is 12.3 Å². The smallest absolute Gasteiger partial charge is 0.0932 e. The molecule has 0 amide bonds. The fraction of sp³-hybridized carbons (Fsp3) is 1.00. The lowest BCUT2D eigenvalue weighted by atomic mass is 10.1. The molecule has 2 saturated heterocycles. The topological polar surface area (TPSA) is 21.3 Å². The van der Waals surface area contributed by atoms with Crippen molar-refractivity contribution in [1.29, 1.82) is 0 Å². The first-order chi connectivity index (χ1) is 6.12. The van der Waals surface area contributed by atoms with E-state index in [1.165, 1.54) is 5.75 Å². The Morgan fingerprint density at radius 1 is 1.38 bits per heavy atom. The third-order valence-electron chi connectivity index (χ3n) is 3.06. The number of hydrogen-bond donors (Lipinski definition) is 1. The third-order valence-corrected chi connectivity index (χ3v) is 4.95. The molecule has 13 heavy (non-hydrogen) atoms. The summed E-state index contributed by atoms with van der Waals surface area (Å²) in [6, 6.07) is 0. The van der Waals surface area contributed by atoms with Gasteiger partial charge in [0.15, 0.2) is 0 Å². The second-order valence-corrected chi connectivity index (χ2v) is 5.83. The van der Waals surface area contributed by atoms with Crippen LogP contribution < -0.4 is 5.32 Å². The van der Waals surface area contributed by atoms with Crippen LogP contribution in [0, 0.1) is 5.92 Å². The van der Waals surface area contributed by atoms with Gasteiger partial charge in [0.25, 0.3) is 0 Å². The molecular formula is C10H19NOS. The normalized spacial score (nSPS) is 51.5. The van der Waals surface area contributed by atoms with Gasteiger partial charge in [0.1, 0.15) is 0 Å². The Hall–Kier alpha value is 0.270. The summed E-state index contributed by atoms with van der Waals surface area (Å²) >= 11 is 2.06. The summed E-state index contributed by atoms with van der Waals surface area (Å²) in [5.74, 6) is 2.08. The zero-order valence-corrected chi connectivity index (χ0v) is 9.49. The largest absolute Gasteiger partial charge is 0.373 e. The van der Waals surface area contributed by atoms with Gasteiger partial charge in [-0.15, -0.1) is 11.8 Å². The van der Waals surface area contributed by atoms with Crippen molar-refractivity contribution in [2.45, 2.75) is 44.3 Å². The van der Waals surface area contributed by atoms with E-state index in [1.807, 2.05) is 0 Å². The molecule has 2 nitrogen and oxygen atoms in total. The van der Waals surface area contributed by atoms with Crippen molar-refractivity contribution < 1.29 is 4.74 Å². The van der Waals surface area contributed by atoms with Gasteiger partial charge >= 0.3 is 0 Å². The van der Waals surface area contributed by atoms with Crippen LogP contribution in [0.5, 0.6) is 0 Å². The summed E-state index contributed by atoms with van der Waals surface area (Å²) in [5.41, 5.74) is 0. The SMILES string of the molecule is CC1CNC2(CC(C)OC2C)SC1. The lowest BCUT2D eigenvalue weighted by Gasteiger charge is -2.38. The van der Waals surface area contributed by atoms with Crippen molar-refractivity contribution >= 4 is 11.8 Å². The molecule has 2 aliphatic heterocycles. The molecule has 4 atom stereocenters. The number of rotatable bonds is 0. The van der Waals surface area contributed by atoms with Crippen LogP contribution in [0.15, 0.2) is 0 Å². The van der Waals surface area contributed by atoms with Crippen molar-refractivity contribution in [3.8, 4) is 0 Å². The Kier molecular flexibility index (Phi) is 2.60. The fourth-order valence-electron chi connectivity index (χ4n) is 2.24. The van der Waals surface area contributed by atoms with Gasteiger partial charge in [-0.25, -0.2) is 0 Å². The fourth-order valence-corrected chi connectivity index (χ4v) is 3.77. The Morgan fingerprint density at radius 2 is 2.15 bits per heavy atom. The van der Waals surface area contributed by atoms with Gasteiger partial charge in [-0.2, -0.15) is 0 Å². The van der Waals surface area contributed by atoms with Crippen LogP contribution in [0.25, 0.3) is 0 Å². The molecule has 0 radical (unpaired) electrons. The van der Waals surface area contributed by atoms with Gasteiger partial charge in [-0.3, -0.25) is 0 Å². The van der Waals surface area contributed by atoms with Crippen LogP contribution in [0.4, 0.5) is 0 Å². The second-order valence-electron chi connectivity index (χ2n) is 4.48. The monoisotopic (exact) mass is 201 g/mol. The predicted molar refractivity (Wildman–Crippen MR) is 57.0 cm³/mol. The molecule has 2 fully saturated rings. The van der Waals surface area contributed by atoms with Gasteiger partial charge in [0, 0.05) is 6.42 Å². The molecule has 76 valence electrons. The highest BCUT2D eigenvalue weighted by atomic mass is 32.2. The van der Waals surface area contributed by atoms with Crippen LogP contribution in [0.1, 0.15) is 27.2 Å². The van der Waals surface area contributed by atoms with Gasteiger partial charge in [-0.1, -0.05) is 6.92 Å². The molecule has 2 aliphatic rings. The van der Waals surface area contributed by atoms with E-state index in [4.69, 9.17) is 4.74 Å². The standard InChI is InChI=1S/C10H19NOS/c1-7-5-11-10(13-6-7)4-8(2)12-9(10)3/h7-9,11H,4-6H2,1-3H3. The maximum Gasteiger partial charge on any atom is 0.0932 e. The molecule has 2 rings (SSSR count). The second kappa shape index (κ2) is 3.44. The average Bonchev–Trinajstić information content (AvgIpc) is 2.34.